The molecule has 0 spiro atoms. The Hall–Kier alpha value is -1.14. The van der Waals surface area contributed by atoms with Crippen LogP contribution in [0, 0.1) is 6.92 Å². The van der Waals surface area contributed by atoms with Crippen LogP contribution in [0.3, 0.4) is 0 Å². The average molecular weight is 326 g/mol. The number of rotatable bonds is 6. The number of methoxy groups -OCH3 is 1. The Morgan fingerprint density at radius 1 is 1.48 bits per heavy atom. The molecule has 2 N–H and O–H groups in total. The maximum Gasteiger partial charge on any atom is 0.137 e. The van der Waals surface area contributed by atoms with E-state index in [1.54, 1.807) is 18.4 Å². The van der Waals surface area contributed by atoms with Crippen molar-refractivity contribution in [3.05, 3.63) is 44.9 Å². The first-order valence-electron chi connectivity index (χ1n) is 6.69. The highest BCUT2D eigenvalue weighted by Crippen LogP contribution is 2.30. The van der Waals surface area contributed by atoms with Crippen LogP contribution in [0.25, 0.3) is 0 Å². The fourth-order valence-corrected chi connectivity index (χ4v) is 3.38. The van der Waals surface area contributed by atoms with Gasteiger partial charge in [0.1, 0.15) is 5.75 Å². The van der Waals surface area contributed by atoms with Crippen molar-refractivity contribution in [1.82, 2.24) is 9.88 Å². The molecular formula is C15H20ClN3OS. The van der Waals surface area contributed by atoms with Crippen LogP contribution in [0.1, 0.15) is 22.2 Å². The number of aromatic nitrogens is 1. The van der Waals surface area contributed by atoms with E-state index in [2.05, 4.69) is 16.9 Å². The number of ether oxygens (including phenoxy) is 1. The molecule has 0 amide bonds. The van der Waals surface area contributed by atoms with Crippen LogP contribution in [-0.2, 0) is 6.54 Å². The van der Waals surface area contributed by atoms with Crippen LogP contribution in [0.15, 0.2) is 23.7 Å². The first kappa shape index (κ1) is 16.2. The number of likely N-dealkylation sites (N-methyl/N-ethyl adjacent to an activating group) is 1. The Morgan fingerprint density at radius 2 is 2.24 bits per heavy atom. The molecule has 21 heavy (non-hydrogen) atoms. The van der Waals surface area contributed by atoms with Gasteiger partial charge in [0.05, 0.1) is 23.3 Å². The van der Waals surface area contributed by atoms with E-state index < -0.39 is 0 Å². The fourth-order valence-electron chi connectivity index (χ4n) is 2.28. The standard InChI is InChI=1S/C15H20ClN3OS/c1-10-15(21-9-18-10)8-19(2)13(7-17)11-4-5-14(20-3)12(16)6-11/h4-6,9,13H,7-8,17H2,1-3H3. The van der Waals surface area contributed by atoms with Crippen LogP contribution >= 0.6 is 22.9 Å². The predicted molar refractivity (Wildman–Crippen MR) is 88.1 cm³/mol. The van der Waals surface area contributed by atoms with Gasteiger partial charge < -0.3 is 10.5 Å². The Bertz CT molecular complexity index is 602. The summed E-state index contributed by atoms with van der Waals surface area (Å²) >= 11 is 7.88. The minimum Gasteiger partial charge on any atom is -0.495 e. The zero-order valence-electron chi connectivity index (χ0n) is 12.5. The molecule has 0 bridgehead atoms. The predicted octanol–water partition coefficient (Wildman–Crippen LogP) is 3.25. The molecule has 1 unspecified atom stereocenters. The molecule has 0 saturated heterocycles. The van der Waals surface area contributed by atoms with Gasteiger partial charge in [0, 0.05) is 24.0 Å². The molecular weight excluding hydrogens is 306 g/mol. The van der Waals surface area contributed by atoms with E-state index in [0.717, 1.165) is 17.8 Å². The Kier molecular flexibility index (Phi) is 5.58. The Labute approximate surface area is 134 Å². The summed E-state index contributed by atoms with van der Waals surface area (Å²) in [6, 6.07) is 5.92. The largest absolute Gasteiger partial charge is 0.495 e. The number of nitrogens with zero attached hydrogens (tertiary/aromatic N) is 2. The lowest BCUT2D eigenvalue weighted by Gasteiger charge is -2.27. The number of nitrogens with two attached hydrogens (primary N) is 1. The quantitative estimate of drug-likeness (QED) is 0.885. The highest BCUT2D eigenvalue weighted by molar-refractivity contribution is 7.09. The third-order valence-corrected chi connectivity index (χ3v) is 4.77. The molecule has 0 radical (unpaired) electrons. The van der Waals surface area contributed by atoms with Crippen LogP contribution in [0.2, 0.25) is 5.02 Å². The molecule has 6 heteroatoms. The van der Waals surface area contributed by atoms with Crippen molar-refractivity contribution in [2.45, 2.75) is 19.5 Å². The van der Waals surface area contributed by atoms with Gasteiger partial charge in [0.25, 0.3) is 0 Å². The Balaban J connectivity index is 2.18. The zero-order chi connectivity index (χ0) is 15.4. The van der Waals surface area contributed by atoms with E-state index in [1.165, 1.54) is 4.88 Å². The van der Waals surface area contributed by atoms with Crippen molar-refractivity contribution >= 4 is 22.9 Å². The van der Waals surface area contributed by atoms with E-state index in [0.29, 0.717) is 17.3 Å². The molecule has 2 rings (SSSR count). The van der Waals surface area contributed by atoms with Gasteiger partial charge in [-0.15, -0.1) is 11.3 Å². The minimum absolute atomic E-state index is 0.106. The topological polar surface area (TPSA) is 51.4 Å². The molecule has 1 atom stereocenters. The van der Waals surface area contributed by atoms with Crippen molar-refractivity contribution in [3.8, 4) is 5.75 Å². The van der Waals surface area contributed by atoms with Crippen molar-refractivity contribution in [1.29, 1.82) is 0 Å². The molecule has 0 saturated carbocycles. The number of thiazole rings is 1. The molecule has 0 aliphatic carbocycles. The number of hydrogen-bond donors (Lipinski definition) is 1. The summed E-state index contributed by atoms with van der Waals surface area (Å²) in [7, 11) is 3.68. The number of benzene rings is 1. The normalized spacial score (nSPS) is 12.7. The van der Waals surface area contributed by atoms with E-state index in [1.807, 2.05) is 30.6 Å². The van der Waals surface area contributed by atoms with Crippen LogP contribution in [-0.4, -0.2) is 30.6 Å². The summed E-state index contributed by atoms with van der Waals surface area (Å²) in [5.41, 5.74) is 10.0. The molecule has 1 aromatic carbocycles. The lowest BCUT2D eigenvalue weighted by molar-refractivity contribution is 0.243. The summed E-state index contributed by atoms with van der Waals surface area (Å²) < 4.78 is 5.19. The van der Waals surface area contributed by atoms with Crippen molar-refractivity contribution in [3.63, 3.8) is 0 Å². The summed E-state index contributed by atoms with van der Waals surface area (Å²) in [5, 5.41) is 0.607. The summed E-state index contributed by atoms with van der Waals surface area (Å²) in [6.45, 7) is 3.38. The van der Waals surface area contributed by atoms with Gasteiger partial charge >= 0.3 is 0 Å². The fraction of sp³-hybridized carbons (Fsp3) is 0.400. The average Bonchev–Trinajstić information content (AvgIpc) is 2.85. The van der Waals surface area contributed by atoms with Crippen LogP contribution < -0.4 is 10.5 Å². The third-order valence-electron chi connectivity index (χ3n) is 3.55. The molecule has 1 aromatic heterocycles. The molecule has 1 heterocycles. The van der Waals surface area contributed by atoms with Crippen LogP contribution in [0.4, 0.5) is 0 Å². The maximum absolute atomic E-state index is 6.21. The zero-order valence-corrected chi connectivity index (χ0v) is 14.0. The Morgan fingerprint density at radius 3 is 2.76 bits per heavy atom. The van der Waals surface area contributed by atoms with Gasteiger partial charge in [-0.3, -0.25) is 4.90 Å². The summed E-state index contributed by atoms with van der Waals surface area (Å²) in [4.78, 5) is 7.77. The smallest absolute Gasteiger partial charge is 0.137 e. The molecule has 0 aliphatic rings. The number of hydrogen-bond acceptors (Lipinski definition) is 5. The van der Waals surface area contributed by atoms with Crippen molar-refractivity contribution < 1.29 is 4.74 Å². The van der Waals surface area contributed by atoms with Gasteiger partial charge in [0.2, 0.25) is 0 Å². The molecule has 2 aromatic rings. The van der Waals surface area contributed by atoms with Gasteiger partial charge in [-0.25, -0.2) is 4.98 Å². The van der Waals surface area contributed by atoms with E-state index in [9.17, 15) is 0 Å². The van der Waals surface area contributed by atoms with E-state index in [-0.39, 0.29) is 6.04 Å². The maximum atomic E-state index is 6.21. The third kappa shape index (κ3) is 3.74. The second kappa shape index (κ2) is 7.22. The number of aryl methyl sites for hydroxylation is 1. The lowest BCUT2D eigenvalue weighted by atomic mass is 10.1. The van der Waals surface area contributed by atoms with E-state index >= 15 is 0 Å². The molecule has 114 valence electrons. The molecule has 0 fully saturated rings. The van der Waals surface area contributed by atoms with Crippen molar-refractivity contribution in [2.75, 3.05) is 20.7 Å². The van der Waals surface area contributed by atoms with E-state index in [4.69, 9.17) is 22.1 Å². The second-order valence-corrected chi connectivity index (χ2v) is 6.27. The minimum atomic E-state index is 0.106. The first-order valence-corrected chi connectivity index (χ1v) is 7.95. The monoisotopic (exact) mass is 325 g/mol. The molecule has 0 aliphatic heterocycles. The van der Waals surface area contributed by atoms with Crippen molar-refractivity contribution in [2.24, 2.45) is 5.73 Å². The first-order chi connectivity index (χ1) is 10.1. The SMILES string of the molecule is COc1ccc(C(CN)N(C)Cc2scnc2C)cc1Cl. The highest BCUT2D eigenvalue weighted by Gasteiger charge is 2.18. The van der Waals surface area contributed by atoms with Gasteiger partial charge in [-0.1, -0.05) is 17.7 Å². The van der Waals surface area contributed by atoms with Gasteiger partial charge in [0.15, 0.2) is 0 Å². The second-order valence-electron chi connectivity index (χ2n) is 4.92. The van der Waals surface area contributed by atoms with Crippen LogP contribution in [0.5, 0.6) is 5.75 Å². The summed E-state index contributed by atoms with van der Waals surface area (Å²) in [6.07, 6.45) is 0. The molecule has 4 nitrogen and oxygen atoms in total. The van der Waals surface area contributed by atoms with Gasteiger partial charge in [-0.05, 0) is 31.7 Å². The van der Waals surface area contributed by atoms with Gasteiger partial charge in [-0.2, -0.15) is 0 Å². The lowest BCUT2D eigenvalue weighted by Crippen LogP contribution is -2.30. The summed E-state index contributed by atoms with van der Waals surface area (Å²) in [5.74, 6) is 0.678. The highest BCUT2D eigenvalue weighted by atomic mass is 35.5. The number of halogens is 1.